The minimum atomic E-state index is -1.17. The monoisotopic (exact) mass is 602 g/mol. The van der Waals surface area contributed by atoms with Crippen molar-refractivity contribution in [2.75, 3.05) is 13.7 Å². The van der Waals surface area contributed by atoms with Crippen molar-refractivity contribution in [1.29, 1.82) is 0 Å². The molecule has 8 heteroatoms. The molecule has 5 rings (SSSR count). The van der Waals surface area contributed by atoms with E-state index < -0.39 is 23.2 Å². The number of piperidine rings is 1. The number of aliphatic hydroxyl groups is 1. The highest BCUT2D eigenvalue weighted by Crippen LogP contribution is 2.45. The van der Waals surface area contributed by atoms with Gasteiger partial charge in [0.15, 0.2) is 11.6 Å². The summed E-state index contributed by atoms with van der Waals surface area (Å²) in [6, 6.07) is 19.1. The van der Waals surface area contributed by atoms with Crippen molar-refractivity contribution >= 4 is 38.4 Å². The Bertz CT molecular complexity index is 1440. The van der Waals surface area contributed by atoms with Crippen LogP contribution in [0.4, 0.5) is 8.78 Å². The number of aromatic nitrogens is 1. The molecule has 1 aromatic heterocycles. The molecule has 0 amide bonds. The van der Waals surface area contributed by atoms with Gasteiger partial charge in [-0.3, -0.25) is 0 Å². The summed E-state index contributed by atoms with van der Waals surface area (Å²) in [5.74, 6) is -1.77. The van der Waals surface area contributed by atoms with Gasteiger partial charge in [-0.1, -0.05) is 53.2 Å². The van der Waals surface area contributed by atoms with Crippen LogP contribution < -0.4 is 10.1 Å². The maximum atomic E-state index is 13.8. The zero-order valence-corrected chi connectivity index (χ0v) is 22.5. The summed E-state index contributed by atoms with van der Waals surface area (Å²) < 4.78 is 34.0. The zero-order chi connectivity index (χ0) is 26.2. The van der Waals surface area contributed by atoms with Crippen molar-refractivity contribution in [3.63, 3.8) is 0 Å². The lowest BCUT2D eigenvalue weighted by Gasteiger charge is -2.43. The normalized spacial score (nSPS) is 20.1. The van der Waals surface area contributed by atoms with Crippen molar-refractivity contribution in [1.82, 2.24) is 10.3 Å². The Balaban J connectivity index is 0.00000336. The van der Waals surface area contributed by atoms with E-state index in [9.17, 15) is 13.9 Å². The Hall–Kier alpha value is -2.58. The van der Waals surface area contributed by atoms with Gasteiger partial charge in [0.05, 0.1) is 18.2 Å². The Labute approximate surface area is 235 Å². The number of hydrogen-bond donors (Lipinski definition) is 2. The maximum absolute atomic E-state index is 13.8. The maximum Gasteiger partial charge on any atom is 0.217 e. The molecule has 1 aliphatic rings. The van der Waals surface area contributed by atoms with Crippen LogP contribution in [0, 0.1) is 11.6 Å². The molecule has 2 N–H and O–H groups in total. The summed E-state index contributed by atoms with van der Waals surface area (Å²) in [4.78, 5) is 4.76. The molecule has 38 heavy (non-hydrogen) atoms. The Kier molecular flexibility index (Phi) is 8.72. The zero-order valence-electron chi connectivity index (χ0n) is 20.1. The third-order valence-electron chi connectivity index (χ3n) is 7.07. The van der Waals surface area contributed by atoms with Crippen LogP contribution in [-0.2, 0) is 6.42 Å². The molecule has 2 heterocycles. The lowest BCUT2D eigenvalue weighted by molar-refractivity contribution is -0.0191. The first-order valence-corrected chi connectivity index (χ1v) is 13.2. The molecular weight excluding hydrogens is 574 g/mol. The highest BCUT2D eigenvalue weighted by Gasteiger charge is 2.44. The van der Waals surface area contributed by atoms with Gasteiger partial charge in [-0.25, -0.2) is 13.8 Å². The standard InChI is InChI=1S/C29H26BrClF2N2O2.CH4/c1-37-28-23(15-19-14-20(30)5-9-26(19)35-28)27(18-3-6-21(31)7-4-18)29(36)10-11-34-22(16-29)12-17-2-8-24(32)25(33)13-17;/h2-9,13-15,22,27,34,36H,10-12,16H2,1H3;1H4. The molecule has 200 valence electrons. The van der Waals surface area contributed by atoms with Gasteiger partial charge in [-0.15, -0.1) is 0 Å². The number of fused-ring (bicyclic) bond motifs is 1. The van der Waals surface area contributed by atoms with Crippen LogP contribution in [0.3, 0.4) is 0 Å². The highest BCUT2D eigenvalue weighted by atomic mass is 79.9. The number of nitrogens with zero attached hydrogens (tertiary/aromatic N) is 1. The fraction of sp³-hybridized carbons (Fsp3) is 0.300. The van der Waals surface area contributed by atoms with E-state index in [4.69, 9.17) is 21.3 Å². The van der Waals surface area contributed by atoms with Crippen LogP contribution in [0.1, 0.15) is 42.9 Å². The quantitative estimate of drug-likeness (QED) is 0.241. The number of methoxy groups -OCH3 is 1. The lowest BCUT2D eigenvalue weighted by Crippen LogP contribution is -2.52. The number of hydrogen-bond acceptors (Lipinski definition) is 4. The summed E-state index contributed by atoms with van der Waals surface area (Å²) in [7, 11) is 1.58. The van der Waals surface area contributed by atoms with Crippen LogP contribution in [0.2, 0.25) is 5.02 Å². The number of pyridine rings is 1. The van der Waals surface area contributed by atoms with E-state index in [1.807, 2.05) is 48.5 Å². The molecule has 0 radical (unpaired) electrons. The van der Waals surface area contributed by atoms with Crippen LogP contribution in [0.25, 0.3) is 10.9 Å². The topological polar surface area (TPSA) is 54.4 Å². The summed E-state index contributed by atoms with van der Waals surface area (Å²) in [5, 5.41) is 17.3. The molecule has 1 fully saturated rings. The van der Waals surface area contributed by atoms with E-state index in [1.54, 1.807) is 13.2 Å². The van der Waals surface area contributed by atoms with Crippen LogP contribution >= 0.6 is 27.5 Å². The highest BCUT2D eigenvalue weighted by molar-refractivity contribution is 9.10. The molecule has 3 unspecified atom stereocenters. The predicted octanol–water partition coefficient (Wildman–Crippen LogP) is 7.43. The molecule has 3 aromatic carbocycles. The first-order valence-electron chi connectivity index (χ1n) is 12.0. The van der Waals surface area contributed by atoms with Crippen LogP contribution in [0.15, 0.2) is 71.2 Å². The average molecular weight is 604 g/mol. The van der Waals surface area contributed by atoms with Crippen molar-refractivity contribution < 1.29 is 18.6 Å². The fourth-order valence-electron chi connectivity index (χ4n) is 5.40. The molecule has 0 saturated carbocycles. The number of benzene rings is 3. The molecule has 0 bridgehead atoms. The van der Waals surface area contributed by atoms with Crippen molar-refractivity contribution in [2.24, 2.45) is 0 Å². The summed E-state index contributed by atoms with van der Waals surface area (Å²) >= 11 is 9.74. The predicted molar refractivity (Wildman–Crippen MR) is 152 cm³/mol. The van der Waals surface area contributed by atoms with E-state index in [0.717, 1.165) is 32.6 Å². The molecule has 1 aliphatic heterocycles. The number of nitrogens with one attached hydrogen (secondary N) is 1. The van der Waals surface area contributed by atoms with E-state index >= 15 is 0 Å². The van der Waals surface area contributed by atoms with Crippen molar-refractivity contribution in [2.45, 2.75) is 44.2 Å². The lowest BCUT2D eigenvalue weighted by atomic mass is 9.70. The van der Waals surface area contributed by atoms with Crippen molar-refractivity contribution in [3.8, 4) is 5.88 Å². The van der Waals surface area contributed by atoms with Gasteiger partial charge in [0.1, 0.15) is 0 Å². The first kappa shape index (κ1) is 28.4. The summed E-state index contributed by atoms with van der Waals surface area (Å²) in [6.07, 6.45) is 1.32. The Morgan fingerprint density at radius 2 is 1.87 bits per heavy atom. The van der Waals surface area contributed by atoms with Crippen LogP contribution in [0.5, 0.6) is 5.88 Å². The second-order valence-corrected chi connectivity index (χ2v) is 10.9. The first-order chi connectivity index (χ1) is 17.8. The Morgan fingerprint density at radius 1 is 1.11 bits per heavy atom. The second-order valence-electron chi connectivity index (χ2n) is 9.57. The van der Waals surface area contributed by atoms with E-state index in [2.05, 4.69) is 21.2 Å². The van der Waals surface area contributed by atoms with Gasteiger partial charge in [0.2, 0.25) is 5.88 Å². The average Bonchev–Trinajstić information content (AvgIpc) is 2.87. The van der Waals surface area contributed by atoms with Gasteiger partial charge in [0, 0.05) is 32.4 Å². The van der Waals surface area contributed by atoms with E-state index in [0.29, 0.717) is 42.3 Å². The SMILES string of the molecule is C.COc1nc2ccc(Br)cc2cc1C(c1ccc(Cl)cc1)C1(O)CCNC(Cc2ccc(F)c(F)c2)C1. The Morgan fingerprint density at radius 3 is 2.58 bits per heavy atom. The van der Waals surface area contributed by atoms with E-state index in [1.165, 1.54) is 6.07 Å². The van der Waals surface area contributed by atoms with Crippen molar-refractivity contribution in [3.05, 3.63) is 105 Å². The fourth-order valence-corrected chi connectivity index (χ4v) is 5.91. The molecule has 0 spiro atoms. The molecule has 3 atom stereocenters. The number of rotatable bonds is 6. The van der Waals surface area contributed by atoms with Gasteiger partial charge in [-0.05, 0) is 85.5 Å². The largest absolute Gasteiger partial charge is 0.481 e. The van der Waals surface area contributed by atoms with E-state index in [-0.39, 0.29) is 13.5 Å². The summed E-state index contributed by atoms with van der Waals surface area (Å²) in [6.45, 7) is 0.559. The third kappa shape index (κ3) is 5.86. The van der Waals surface area contributed by atoms with Gasteiger partial charge >= 0.3 is 0 Å². The van der Waals surface area contributed by atoms with Gasteiger partial charge < -0.3 is 15.2 Å². The van der Waals surface area contributed by atoms with Gasteiger partial charge in [-0.2, -0.15) is 0 Å². The summed E-state index contributed by atoms with van der Waals surface area (Å²) in [5.41, 5.74) is 1.93. The second kappa shape index (κ2) is 11.7. The smallest absolute Gasteiger partial charge is 0.217 e. The van der Waals surface area contributed by atoms with Gasteiger partial charge in [0.25, 0.3) is 0 Å². The number of halogens is 4. The molecule has 4 nitrogen and oxygen atoms in total. The number of ether oxygens (including phenoxy) is 1. The molecule has 0 aliphatic carbocycles. The third-order valence-corrected chi connectivity index (χ3v) is 7.82. The van der Waals surface area contributed by atoms with Crippen LogP contribution in [-0.4, -0.2) is 35.4 Å². The minimum absolute atomic E-state index is 0. The minimum Gasteiger partial charge on any atom is -0.481 e. The molecule has 4 aromatic rings. The molecular formula is C30H30BrClF2N2O2. The molecule has 1 saturated heterocycles.